The lowest BCUT2D eigenvalue weighted by atomic mass is 10.1. The van der Waals surface area contributed by atoms with Crippen molar-refractivity contribution in [3.05, 3.63) is 38.3 Å². The molecule has 0 heterocycles. The molecule has 1 aromatic carbocycles. The van der Waals surface area contributed by atoms with E-state index in [1.165, 1.54) is 18.9 Å². The van der Waals surface area contributed by atoms with Gasteiger partial charge in [0.1, 0.15) is 0 Å². The minimum Gasteiger partial charge on any atom is -0.312 e. The Morgan fingerprint density at radius 1 is 1.53 bits per heavy atom. The smallest absolute Gasteiger partial charge is 0.283 e. The lowest BCUT2D eigenvalue weighted by molar-refractivity contribution is -0.385. The quantitative estimate of drug-likeness (QED) is 0.670. The summed E-state index contributed by atoms with van der Waals surface area (Å²) in [4.78, 5) is 10.4. The summed E-state index contributed by atoms with van der Waals surface area (Å²) < 4.78 is 0.582. The van der Waals surface area contributed by atoms with Crippen LogP contribution >= 0.6 is 15.9 Å². The van der Waals surface area contributed by atoms with Gasteiger partial charge in [0.25, 0.3) is 5.69 Å². The second-order valence-electron chi connectivity index (χ2n) is 4.92. The second-order valence-corrected chi connectivity index (χ2v) is 5.71. The molecule has 0 aromatic heterocycles. The van der Waals surface area contributed by atoms with Gasteiger partial charge in [-0.25, -0.2) is 0 Å². The Labute approximate surface area is 109 Å². The fraction of sp³-hybridized carbons (Fsp3) is 0.500. The van der Waals surface area contributed by atoms with Crippen molar-refractivity contribution in [1.82, 2.24) is 5.32 Å². The molecule has 0 unspecified atom stereocenters. The van der Waals surface area contributed by atoms with Gasteiger partial charge >= 0.3 is 0 Å². The molecular weight excluding hydrogens is 284 g/mol. The van der Waals surface area contributed by atoms with Crippen LogP contribution in [-0.4, -0.2) is 11.5 Å². The largest absolute Gasteiger partial charge is 0.312 e. The van der Waals surface area contributed by atoms with Crippen molar-refractivity contribution >= 4 is 21.6 Å². The Morgan fingerprint density at radius 2 is 2.24 bits per heavy atom. The van der Waals surface area contributed by atoms with E-state index in [9.17, 15) is 10.1 Å². The number of benzene rings is 1. The van der Waals surface area contributed by atoms with E-state index in [2.05, 4.69) is 28.2 Å². The molecular formula is C12H15BrN2O2. The highest BCUT2D eigenvalue weighted by Crippen LogP contribution is 2.44. The molecule has 0 bridgehead atoms. The van der Waals surface area contributed by atoms with Gasteiger partial charge in [-0.2, -0.15) is 0 Å². The molecule has 1 saturated carbocycles. The van der Waals surface area contributed by atoms with Crippen molar-refractivity contribution in [2.45, 2.75) is 26.3 Å². The van der Waals surface area contributed by atoms with Crippen LogP contribution in [0.25, 0.3) is 0 Å². The molecule has 2 rings (SSSR count). The van der Waals surface area contributed by atoms with Crippen molar-refractivity contribution in [3.63, 3.8) is 0 Å². The minimum atomic E-state index is -0.365. The van der Waals surface area contributed by atoms with Gasteiger partial charge in [-0.3, -0.25) is 10.1 Å². The normalized spacial score (nSPS) is 16.8. The lowest BCUT2D eigenvalue weighted by Gasteiger charge is -2.11. The Balaban J connectivity index is 2.00. The van der Waals surface area contributed by atoms with Crippen LogP contribution in [-0.2, 0) is 6.54 Å². The fourth-order valence-corrected chi connectivity index (χ4v) is 2.28. The highest BCUT2D eigenvalue weighted by molar-refractivity contribution is 9.10. The Bertz CT molecular complexity index is 444. The number of hydrogen-bond acceptors (Lipinski definition) is 3. The first-order valence-electron chi connectivity index (χ1n) is 5.64. The van der Waals surface area contributed by atoms with E-state index in [1.54, 1.807) is 6.07 Å². The standard InChI is InChI=1S/C12H15BrN2O2/c1-12(5-6-12)8-14-7-9-3-2-4-10(11(9)13)15(16)17/h2-4,14H,5-8H2,1H3. The number of hydrogen-bond donors (Lipinski definition) is 1. The molecule has 92 valence electrons. The molecule has 0 amide bonds. The Morgan fingerprint density at radius 3 is 2.82 bits per heavy atom. The highest BCUT2D eigenvalue weighted by Gasteiger charge is 2.36. The predicted molar refractivity (Wildman–Crippen MR) is 69.8 cm³/mol. The zero-order chi connectivity index (χ0) is 12.5. The van der Waals surface area contributed by atoms with Crippen LogP contribution in [0, 0.1) is 15.5 Å². The summed E-state index contributed by atoms with van der Waals surface area (Å²) in [5, 5.41) is 14.1. The van der Waals surface area contributed by atoms with Gasteiger partial charge in [0.05, 0.1) is 9.40 Å². The fourth-order valence-electron chi connectivity index (χ4n) is 1.73. The van der Waals surface area contributed by atoms with Crippen molar-refractivity contribution in [1.29, 1.82) is 0 Å². The summed E-state index contributed by atoms with van der Waals surface area (Å²) in [6.45, 7) is 3.89. The number of halogens is 1. The molecule has 1 aliphatic rings. The van der Waals surface area contributed by atoms with Crippen LogP contribution in [0.3, 0.4) is 0 Å². The first kappa shape index (κ1) is 12.5. The minimum absolute atomic E-state index is 0.127. The van der Waals surface area contributed by atoms with Gasteiger partial charge in [0, 0.05) is 19.2 Å². The third kappa shape index (κ3) is 3.04. The van der Waals surface area contributed by atoms with E-state index in [-0.39, 0.29) is 10.6 Å². The maximum atomic E-state index is 10.8. The van der Waals surface area contributed by atoms with Crippen LogP contribution in [0.2, 0.25) is 0 Å². The van der Waals surface area contributed by atoms with E-state index in [1.807, 2.05) is 6.07 Å². The monoisotopic (exact) mass is 298 g/mol. The molecule has 1 aromatic rings. The molecule has 4 nitrogen and oxygen atoms in total. The zero-order valence-corrected chi connectivity index (χ0v) is 11.3. The number of nitro groups is 1. The molecule has 5 heteroatoms. The molecule has 0 atom stereocenters. The van der Waals surface area contributed by atoms with Crippen LogP contribution in [0.4, 0.5) is 5.69 Å². The summed E-state index contributed by atoms with van der Waals surface area (Å²) in [7, 11) is 0. The van der Waals surface area contributed by atoms with Gasteiger partial charge in [0.15, 0.2) is 0 Å². The third-order valence-corrected chi connectivity index (χ3v) is 4.14. The van der Waals surface area contributed by atoms with Crippen LogP contribution in [0.15, 0.2) is 22.7 Å². The number of rotatable bonds is 5. The van der Waals surface area contributed by atoms with Crippen LogP contribution in [0.1, 0.15) is 25.3 Å². The van der Waals surface area contributed by atoms with E-state index >= 15 is 0 Å². The van der Waals surface area contributed by atoms with Crippen LogP contribution < -0.4 is 5.32 Å². The van der Waals surface area contributed by atoms with Crippen LogP contribution in [0.5, 0.6) is 0 Å². The van der Waals surface area contributed by atoms with E-state index in [0.29, 0.717) is 16.4 Å². The molecule has 0 aliphatic heterocycles. The van der Waals surface area contributed by atoms with Crippen molar-refractivity contribution < 1.29 is 4.92 Å². The molecule has 0 radical (unpaired) electrons. The summed E-state index contributed by atoms with van der Waals surface area (Å²) in [6, 6.07) is 5.13. The summed E-state index contributed by atoms with van der Waals surface area (Å²) in [5.74, 6) is 0. The van der Waals surface area contributed by atoms with Gasteiger partial charge in [-0.05, 0) is 39.8 Å². The topological polar surface area (TPSA) is 55.2 Å². The van der Waals surface area contributed by atoms with Gasteiger partial charge in [-0.15, -0.1) is 0 Å². The summed E-state index contributed by atoms with van der Waals surface area (Å²) in [6.07, 6.45) is 2.55. The average molecular weight is 299 g/mol. The zero-order valence-electron chi connectivity index (χ0n) is 9.70. The molecule has 1 aliphatic carbocycles. The average Bonchev–Trinajstić information content (AvgIpc) is 2.99. The molecule has 1 N–H and O–H groups in total. The van der Waals surface area contributed by atoms with Crippen molar-refractivity contribution in [3.8, 4) is 0 Å². The van der Waals surface area contributed by atoms with Gasteiger partial charge in [0.2, 0.25) is 0 Å². The molecule has 17 heavy (non-hydrogen) atoms. The maximum Gasteiger partial charge on any atom is 0.283 e. The SMILES string of the molecule is CC1(CNCc2cccc([N+](=O)[O-])c2Br)CC1. The van der Waals surface area contributed by atoms with E-state index in [4.69, 9.17) is 0 Å². The second kappa shape index (κ2) is 4.74. The number of nitrogens with one attached hydrogen (secondary N) is 1. The van der Waals surface area contributed by atoms with Crippen molar-refractivity contribution in [2.24, 2.45) is 5.41 Å². The van der Waals surface area contributed by atoms with E-state index in [0.717, 1.165) is 12.1 Å². The summed E-state index contributed by atoms with van der Waals surface area (Å²) >= 11 is 3.30. The van der Waals surface area contributed by atoms with Gasteiger partial charge in [-0.1, -0.05) is 19.1 Å². The van der Waals surface area contributed by atoms with Gasteiger partial charge < -0.3 is 5.32 Å². The first-order valence-corrected chi connectivity index (χ1v) is 6.44. The first-order chi connectivity index (χ1) is 8.02. The molecule has 1 fully saturated rings. The summed E-state index contributed by atoms with van der Waals surface area (Å²) in [5.41, 5.74) is 1.51. The molecule has 0 saturated heterocycles. The molecule has 0 spiro atoms. The number of nitrogens with zero attached hydrogens (tertiary/aromatic N) is 1. The Kier molecular flexibility index (Phi) is 3.49. The lowest BCUT2D eigenvalue weighted by Crippen LogP contribution is -2.21. The third-order valence-electron chi connectivity index (χ3n) is 3.23. The van der Waals surface area contributed by atoms with E-state index < -0.39 is 0 Å². The Hall–Kier alpha value is -0.940. The number of nitro benzene ring substituents is 1. The van der Waals surface area contributed by atoms with Crippen molar-refractivity contribution in [2.75, 3.05) is 6.54 Å². The highest BCUT2D eigenvalue weighted by atomic mass is 79.9. The maximum absolute atomic E-state index is 10.8. The predicted octanol–water partition coefficient (Wildman–Crippen LogP) is 3.25.